The van der Waals surface area contributed by atoms with Gasteiger partial charge in [0.05, 0.1) is 7.11 Å². The normalized spacial score (nSPS) is 11.7. The van der Waals surface area contributed by atoms with Crippen LogP contribution in [0.3, 0.4) is 0 Å². The lowest BCUT2D eigenvalue weighted by Crippen LogP contribution is -2.46. The smallest absolute Gasteiger partial charge is 0.244 e. The molecule has 28 heavy (non-hydrogen) atoms. The van der Waals surface area contributed by atoms with Crippen molar-refractivity contribution in [3.05, 3.63) is 66.2 Å². The molecule has 0 fully saturated rings. The molecular weight excluding hydrogens is 354 g/mol. The molecular formula is C22H27N3O3. The van der Waals surface area contributed by atoms with E-state index in [-0.39, 0.29) is 11.8 Å². The fourth-order valence-electron chi connectivity index (χ4n) is 2.53. The third-order valence-corrected chi connectivity index (χ3v) is 4.24. The van der Waals surface area contributed by atoms with Crippen LogP contribution in [0.25, 0.3) is 6.08 Å². The second-order valence-electron chi connectivity index (χ2n) is 6.38. The first-order chi connectivity index (χ1) is 13.5. The average Bonchev–Trinajstić information content (AvgIpc) is 2.73. The Kier molecular flexibility index (Phi) is 8.09. The van der Waals surface area contributed by atoms with E-state index in [1.807, 2.05) is 61.6 Å². The Bertz CT molecular complexity index is 788. The minimum Gasteiger partial charge on any atom is -0.497 e. The molecule has 0 bridgehead atoms. The Labute approximate surface area is 166 Å². The van der Waals surface area contributed by atoms with E-state index < -0.39 is 6.04 Å². The molecule has 2 amide bonds. The first kappa shape index (κ1) is 21.0. The van der Waals surface area contributed by atoms with Gasteiger partial charge in [0, 0.05) is 31.9 Å². The van der Waals surface area contributed by atoms with E-state index in [1.54, 1.807) is 20.1 Å². The number of carbonyl (C=O) groups excluding carboxylic acids is 2. The van der Waals surface area contributed by atoms with E-state index in [1.165, 1.54) is 6.08 Å². The lowest BCUT2D eigenvalue weighted by molar-refractivity contribution is -0.126. The molecule has 6 heteroatoms. The van der Waals surface area contributed by atoms with E-state index in [4.69, 9.17) is 4.74 Å². The maximum atomic E-state index is 12.2. The Morgan fingerprint density at radius 1 is 1.11 bits per heavy atom. The summed E-state index contributed by atoms with van der Waals surface area (Å²) < 4.78 is 5.09. The van der Waals surface area contributed by atoms with Crippen molar-refractivity contribution in [3.63, 3.8) is 0 Å². The second-order valence-corrected chi connectivity index (χ2v) is 6.38. The topological polar surface area (TPSA) is 70.7 Å². The summed E-state index contributed by atoms with van der Waals surface area (Å²) in [4.78, 5) is 26.2. The minimum absolute atomic E-state index is 0.215. The molecule has 0 saturated heterocycles. The molecule has 0 aromatic heterocycles. The van der Waals surface area contributed by atoms with Gasteiger partial charge in [-0.25, -0.2) is 0 Å². The molecule has 2 rings (SSSR count). The highest BCUT2D eigenvalue weighted by molar-refractivity contribution is 5.95. The lowest BCUT2D eigenvalue weighted by atomic mass is 10.2. The zero-order valence-electron chi connectivity index (χ0n) is 16.5. The van der Waals surface area contributed by atoms with Crippen molar-refractivity contribution in [2.24, 2.45) is 0 Å². The number of hydrogen-bond acceptors (Lipinski definition) is 4. The molecule has 0 aliphatic heterocycles. The standard InChI is InChI=1S/C22H27N3O3/c1-17(22(27)23-15-16-25(2)19-7-5-4-6-8-19)24-21(26)14-11-18-9-12-20(28-3)13-10-18/h4-14,17H,15-16H2,1-3H3,(H,23,27)(H,24,26)/b14-11+. The monoisotopic (exact) mass is 381 g/mol. The summed E-state index contributed by atoms with van der Waals surface area (Å²) in [6.07, 6.45) is 3.10. The van der Waals surface area contributed by atoms with Crippen molar-refractivity contribution >= 4 is 23.6 Å². The maximum absolute atomic E-state index is 12.2. The molecule has 0 radical (unpaired) electrons. The Balaban J connectivity index is 1.73. The second kappa shape index (κ2) is 10.8. The molecule has 0 aliphatic carbocycles. The number of anilines is 1. The summed E-state index contributed by atoms with van der Waals surface area (Å²) in [7, 11) is 3.57. The highest BCUT2D eigenvalue weighted by Gasteiger charge is 2.13. The Morgan fingerprint density at radius 3 is 2.43 bits per heavy atom. The summed E-state index contributed by atoms with van der Waals surface area (Å²) >= 11 is 0. The van der Waals surface area contributed by atoms with Gasteiger partial charge in [-0.1, -0.05) is 30.3 Å². The van der Waals surface area contributed by atoms with E-state index in [2.05, 4.69) is 15.5 Å². The van der Waals surface area contributed by atoms with Crippen molar-refractivity contribution in [1.29, 1.82) is 0 Å². The van der Waals surface area contributed by atoms with Gasteiger partial charge in [-0.3, -0.25) is 9.59 Å². The summed E-state index contributed by atoms with van der Waals surface area (Å²) in [5, 5.41) is 5.51. The van der Waals surface area contributed by atoms with Gasteiger partial charge in [-0.05, 0) is 42.8 Å². The average molecular weight is 381 g/mol. The number of rotatable bonds is 9. The fourth-order valence-corrected chi connectivity index (χ4v) is 2.53. The molecule has 2 aromatic rings. The number of para-hydroxylation sites is 1. The number of amides is 2. The van der Waals surface area contributed by atoms with Crippen LogP contribution in [0.15, 0.2) is 60.7 Å². The highest BCUT2D eigenvalue weighted by Crippen LogP contribution is 2.12. The summed E-state index contributed by atoms with van der Waals surface area (Å²) in [6.45, 7) is 2.83. The minimum atomic E-state index is -0.616. The third-order valence-electron chi connectivity index (χ3n) is 4.24. The van der Waals surface area contributed by atoms with Crippen LogP contribution in [-0.2, 0) is 9.59 Å². The number of nitrogens with one attached hydrogen (secondary N) is 2. The number of benzene rings is 2. The number of nitrogens with zero attached hydrogens (tertiary/aromatic N) is 1. The maximum Gasteiger partial charge on any atom is 0.244 e. The van der Waals surface area contributed by atoms with Crippen molar-refractivity contribution < 1.29 is 14.3 Å². The number of likely N-dealkylation sites (N-methyl/N-ethyl adjacent to an activating group) is 1. The SMILES string of the molecule is COc1ccc(/C=C/C(=O)NC(C)C(=O)NCCN(C)c2ccccc2)cc1. The molecule has 2 N–H and O–H groups in total. The highest BCUT2D eigenvalue weighted by atomic mass is 16.5. The van der Waals surface area contributed by atoms with Crippen LogP contribution in [0.1, 0.15) is 12.5 Å². The number of ether oxygens (including phenoxy) is 1. The Hall–Kier alpha value is -3.28. The van der Waals surface area contributed by atoms with Gasteiger partial charge in [-0.15, -0.1) is 0 Å². The number of hydrogen-bond donors (Lipinski definition) is 2. The van der Waals surface area contributed by atoms with E-state index in [0.29, 0.717) is 13.1 Å². The van der Waals surface area contributed by atoms with E-state index in [9.17, 15) is 9.59 Å². The summed E-state index contributed by atoms with van der Waals surface area (Å²) in [6, 6.07) is 16.7. The number of carbonyl (C=O) groups is 2. The zero-order valence-corrected chi connectivity index (χ0v) is 16.5. The van der Waals surface area contributed by atoms with E-state index >= 15 is 0 Å². The summed E-state index contributed by atoms with van der Waals surface area (Å²) in [5.41, 5.74) is 1.96. The van der Waals surface area contributed by atoms with Gasteiger partial charge < -0.3 is 20.3 Å². The molecule has 6 nitrogen and oxygen atoms in total. The van der Waals surface area contributed by atoms with Crippen molar-refractivity contribution in [1.82, 2.24) is 10.6 Å². The first-order valence-corrected chi connectivity index (χ1v) is 9.16. The first-order valence-electron chi connectivity index (χ1n) is 9.16. The van der Waals surface area contributed by atoms with E-state index in [0.717, 1.165) is 17.0 Å². The summed E-state index contributed by atoms with van der Waals surface area (Å²) in [5.74, 6) is 0.220. The number of methoxy groups -OCH3 is 1. The molecule has 2 aromatic carbocycles. The largest absolute Gasteiger partial charge is 0.497 e. The van der Waals surface area contributed by atoms with Gasteiger partial charge in [0.2, 0.25) is 11.8 Å². The predicted molar refractivity (Wildman–Crippen MR) is 112 cm³/mol. The molecule has 0 heterocycles. The molecule has 1 unspecified atom stereocenters. The molecule has 0 aliphatic rings. The lowest BCUT2D eigenvalue weighted by Gasteiger charge is -2.20. The third kappa shape index (κ3) is 6.79. The van der Waals surface area contributed by atoms with Gasteiger partial charge in [0.25, 0.3) is 0 Å². The van der Waals surface area contributed by atoms with Crippen LogP contribution in [0.4, 0.5) is 5.69 Å². The Morgan fingerprint density at radius 2 is 1.79 bits per heavy atom. The fraction of sp³-hybridized carbons (Fsp3) is 0.273. The zero-order chi connectivity index (χ0) is 20.4. The van der Waals surface area contributed by atoms with Crippen molar-refractivity contribution in [3.8, 4) is 5.75 Å². The molecule has 0 saturated carbocycles. The molecule has 148 valence electrons. The van der Waals surface area contributed by atoms with Crippen LogP contribution in [-0.4, -0.2) is 45.1 Å². The molecule has 1 atom stereocenters. The quantitative estimate of drug-likeness (QED) is 0.655. The van der Waals surface area contributed by atoms with Gasteiger partial charge in [0.15, 0.2) is 0 Å². The van der Waals surface area contributed by atoms with Crippen LogP contribution in [0.2, 0.25) is 0 Å². The van der Waals surface area contributed by atoms with Crippen LogP contribution in [0.5, 0.6) is 5.75 Å². The predicted octanol–water partition coefficient (Wildman–Crippen LogP) is 2.47. The van der Waals surface area contributed by atoms with Crippen LogP contribution in [0, 0.1) is 0 Å². The van der Waals surface area contributed by atoms with Crippen LogP contribution >= 0.6 is 0 Å². The van der Waals surface area contributed by atoms with Crippen molar-refractivity contribution in [2.75, 3.05) is 32.1 Å². The molecule has 0 spiro atoms. The van der Waals surface area contributed by atoms with Gasteiger partial charge in [-0.2, -0.15) is 0 Å². The van der Waals surface area contributed by atoms with Crippen molar-refractivity contribution in [2.45, 2.75) is 13.0 Å². The van der Waals surface area contributed by atoms with Crippen LogP contribution < -0.4 is 20.3 Å². The van der Waals surface area contributed by atoms with Gasteiger partial charge in [0.1, 0.15) is 11.8 Å². The van der Waals surface area contributed by atoms with Gasteiger partial charge >= 0.3 is 0 Å².